The van der Waals surface area contributed by atoms with Crippen molar-refractivity contribution < 1.29 is 9.47 Å². The van der Waals surface area contributed by atoms with E-state index in [0.29, 0.717) is 0 Å². The van der Waals surface area contributed by atoms with Gasteiger partial charge >= 0.3 is 0 Å². The smallest absolute Gasteiger partial charge is 0.119 e. The van der Waals surface area contributed by atoms with Gasteiger partial charge in [0.25, 0.3) is 0 Å². The molecular weight excluding hydrogens is 202 g/mol. The highest BCUT2D eigenvalue weighted by Crippen LogP contribution is 2.24. The fraction of sp³-hybridized carbons (Fsp3) is 0.538. The van der Waals surface area contributed by atoms with Crippen molar-refractivity contribution in [3.8, 4) is 5.75 Å². The molecule has 2 rings (SSSR count). The van der Waals surface area contributed by atoms with Gasteiger partial charge in [0, 0.05) is 6.54 Å². The molecule has 1 saturated heterocycles. The molecule has 0 aromatic heterocycles. The molecule has 1 N–H and O–H groups in total. The monoisotopic (exact) mass is 221 g/mol. The third kappa shape index (κ3) is 2.74. The van der Waals surface area contributed by atoms with Crippen LogP contribution in [0, 0.1) is 0 Å². The Balaban J connectivity index is 1.96. The van der Waals surface area contributed by atoms with E-state index >= 15 is 0 Å². The second-order valence-electron chi connectivity index (χ2n) is 4.09. The number of benzene rings is 1. The lowest BCUT2D eigenvalue weighted by atomic mass is 10.1. The van der Waals surface area contributed by atoms with E-state index in [4.69, 9.17) is 9.47 Å². The van der Waals surface area contributed by atoms with Crippen molar-refractivity contribution in [1.82, 2.24) is 5.32 Å². The fourth-order valence-corrected chi connectivity index (χ4v) is 1.81. The van der Waals surface area contributed by atoms with Crippen molar-refractivity contribution in [2.75, 3.05) is 13.2 Å². The molecule has 0 bridgehead atoms. The van der Waals surface area contributed by atoms with Crippen molar-refractivity contribution in [3.63, 3.8) is 0 Å². The van der Waals surface area contributed by atoms with Gasteiger partial charge in [-0.05, 0) is 31.0 Å². The summed E-state index contributed by atoms with van der Waals surface area (Å²) in [7, 11) is 0. The van der Waals surface area contributed by atoms with Crippen molar-refractivity contribution >= 4 is 0 Å². The highest BCUT2D eigenvalue weighted by molar-refractivity contribution is 5.29. The predicted molar refractivity (Wildman–Crippen MR) is 63.5 cm³/mol. The summed E-state index contributed by atoms with van der Waals surface area (Å²) in [6, 6.07) is 8.18. The van der Waals surface area contributed by atoms with Crippen LogP contribution in [0.5, 0.6) is 5.75 Å². The summed E-state index contributed by atoms with van der Waals surface area (Å²) >= 11 is 0. The van der Waals surface area contributed by atoms with Crippen molar-refractivity contribution in [1.29, 1.82) is 0 Å². The Kier molecular flexibility index (Phi) is 3.80. The van der Waals surface area contributed by atoms with E-state index in [1.807, 2.05) is 19.1 Å². The Morgan fingerprint density at radius 2 is 2.12 bits per heavy atom. The molecule has 0 radical (unpaired) electrons. The minimum absolute atomic E-state index is 0.154. The molecule has 1 fully saturated rings. The van der Waals surface area contributed by atoms with E-state index < -0.39 is 0 Å². The Bertz CT molecular complexity index is 323. The summed E-state index contributed by atoms with van der Waals surface area (Å²) in [6.45, 7) is 5.79. The molecule has 3 heteroatoms. The standard InChI is InChI=1S/C13H19NO2/c1-3-8-15-12-6-4-11(5-7-12)13-9-14-10(2)16-13/h4-7,10,13-14H,3,8-9H2,1-2H3. The first-order valence-electron chi connectivity index (χ1n) is 5.91. The molecule has 0 aliphatic carbocycles. The third-order valence-corrected chi connectivity index (χ3v) is 2.68. The molecule has 16 heavy (non-hydrogen) atoms. The normalized spacial score (nSPS) is 24.6. The van der Waals surface area contributed by atoms with Gasteiger partial charge in [-0.2, -0.15) is 0 Å². The number of rotatable bonds is 4. The maximum Gasteiger partial charge on any atom is 0.119 e. The summed E-state index contributed by atoms with van der Waals surface area (Å²) in [5.74, 6) is 0.935. The second-order valence-corrected chi connectivity index (χ2v) is 4.09. The first kappa shape index (κ1) is 11.4. The summed E-state index contributed by atoms with van der Waals surface area (Å²) in [6.07, 6.45) is 1.37. The zero-order valence-electron chi connectivity index (χ0n) is 9.90. The van der Waals surface area contributed by atoms with Gasteiger partial charge in [0.2, 0.25) is 0 Å². The molecule has 88 valence electrons. The van der Waals surface area contributed by atoms with E-state index in [1.165, 1.54) is 5.56 Å². The van der Waals surface area contributed by atoms with Gasteiger partial charge in [-0.1, -0.05) is 19.1 Å². The zero-order chi connectivity index (χ0) is 11.4. The Hall–Kier alpha value is -1.06. The molecule has 1 aromatic carbocycles. The zero-order valence-corrected chi connectivity index (χ0v) is 9.90. The quantitative estimate of drug-likeness (QED) is 0.847. The topological polar surface area (TPSA) is 30.5 Å². The minimum Gasteiger partial charge on any atom is -0.494 e. The summed E-state index contributed by atoms with van der Waals surface area (Å²) in [4.78, 5) is 0. The Morgan fingerprint density at radius 3 is 2.69 bits per heavy atom. The molecule has 2 atom stereocenters. The third-order valence-electron chi connectivity index (χ3n) is 2.68. The van der Waals surface area contributed by atoms with Crippen LogP contribution in [0.1, 0.15) is 31.9 Å². The van der Waals surface area contributed by atoms with E-state index in [9.17, 15) is 0 Å². The summed E-state index contributed by atoms with van der Waals surface area (Å²) < 4.78 is 11.3. The van der Waals surface area contributed by atoms with Gasteiger partial charge in [-0.25, -0.2) is 0 Å². The number of hydrogen-bond donors (Lipinski definition) is 1. The van der Waals surface area contributed by atoms with Crippen molar-refractivity contribution in [2.24, 2.45) is 0 Å². The Labute approximate surface area is 96.8 Å². The number of nitrogens with one attached hydrogen (secondary N) is 1. The lowest BCUT2D eigenvalue weighted by Crippen LogP contribution is -2.17. The van der Waals surface area contributed by atoms with Crippen LogP contribution in [0.3, 0.4) is 0 Å². The molecule has 1 heterocycles. The van der Waals surface area contributed by atoms with Gasteiger partial charge in [0.05, 0.1) is 12.7 Å². The van der Waals surface area contributed by atoms with Gasteiger partial charge in [0.15, 0.2) is 0 Å². The van der Waals surface area contributed by atoms with Crippen LogP contribution < -0.4 is 10.1 Å². The van der Waals surface area contributed by atoms with Crippen molar-refractivity contribution in [3.05, 3.63) is 29.8 Å². The molecule has 1 aliphatic heterocycles. The minimum atomic E-state index is 0.154. The van der Waals surface area contributed by atoms with E-state index in [2.05, 4.69) is 24.4 Å². The average molecular weight is 221 g/mol. The maximum absolute atomic E-state index is 5.72. The molecular formula is C13H19NO2. The lowest BCUT2D eigenvalue weighted by molar-refractivity contribution is 0.0529. The fourth-order valence-electron chi connectivity index (χ4n) is 1.81. The van der Waals surface area contributed by atoms with Crippen LogP contribution in [0.15, 0.2) is 24.3 Å². The number of hydrogen-bond acceptors (Lipinski definition) is 3. The van der Waals surface area contributed by atoms with Gasteiger partial charge in [-0.3, -0.25) is 5.32 Å². The van der Waals surface area contributed by atoms with E-state index in [-0.39, 0.29) is 12.3 Å². The van der Waals surface area contributed by atoms with Gasteiger partial charge in [0.1, 0.15) is 12.0 Å². The number of ether oxygens (including phenoxy) is 2. The molecule has 0 amide bonds. The van der Waals surface area contributed by atoms with Crippen LogP contribution in [-0.2, 0) is 4.74 Å². The van der Waals surface area contributed by atoms with Crippen LogP contribution in [0.2, 0.25) is 0 Å². The molecule has 2 unspecified atom stereocenters. The molecule has 0 spiro atoms. The van der Waals surface area contributed by atoms with Crippen LogP contribution in [0.25, 0.3) is 0 Å². The second kappa shape index (κ2) is 5.32. The lowest BCUT2D eigenvalue weighted by Gasteiger charge is -2.11. The highest BCUT2D eigenvalue weighted by atomic mass is 16.5. The largest absolute Gasteiger partial charge is 0.494 e. The SMILES string of the molecule is CCCOc1ccc(C2CNC(C)O2)cc1. The average Bonchev–Trinajstić information content (AvgIpc) is 2.74. The predicted octanol–water partition coefficient (Wildman–Crippen LogP) is 2.48. The first-order chi connectivity index (χ1) is 7.79. The van der Waals surface area contributed by atoms with Gasteiger partial charge in [-0.15, -0.1) is 0 Å². The molecule has 0 saturated carbocycles. The summed E-state index contributed by atoms with van der Waals surface area (Å²) in [5, 5.41) is 3.26. The molecule has 3 nitrogen and oxygen atoms in total. The van der Waals surface area contributed by atoms with E-state index in [0.717, 1.165) is 25.3 Å². The summed E-state index contributed by atoms with van der Waals surface area (Å²) in [5.41, 5.74) is 1.21. The Morgan fingerprint density at radius 1 is 1.38 bits per heavy atom. The van der Waals surface area contributed by atoms with Crippen LogP contribution in [0.4, 0.5) is 0 Å². The van der Waals surface area contributed by atoms with Crippen LogP contribution >= 0.6 is 0 Å². The van der Waals surface area contributed by atoms with E-state index in [1.54, 1.807) is 0 Å². The highest BCUT2D eigenvalue weighted by Gasteiger charge is 2.22. The maximum atomic E-state index is 5.72. The first-order valence-corrected chi connectivity index (χ1v) is 5.91. The van der Waals surface area contributed by atoms with Crippen molar-refractivity contribution in [2.45, 2.75) is 32.6 Å². The van der Waals surface area contributed by atoms with Gasteiger partial charge < -0.3 is 9.47 Å². The van der Waals surface area contributed by atoms with Crippen LogP contribution in [-0.4, -0.2) is 19.4 Å². The molecule has 1 aliphatic rings. The molecule has 1 aromatic rings.